The molecule has 0 saturated heterocycles. The summed E-state index contributed by atoms with van der Waals surface area (Å²) in [6.45, 7) is 3.56. The molecular formula is C13H12BrNOS. The highest BCUT2D eigenvalue weighted by Gasteiger charge is 2.10. The van der Waals surface area contributed by atoms with Crippen molar-refractivity contribution in [3.8, 4) is 10.6 Å². The first kappa shape index (κ1) is 12.5. The zero-order valence-corrected chi connectivity index (χ0v) is 12.1. The van der Waals surface area contributed by atoms with Gasteiger partial charge in [0.25, 0.3) is 0 Å². The number of hydrogen-bond acceptors (Lipinski definition) is 3. The molecule has 0 unspecified atom stereocenters. The van der Waals surface area contributed by atoms with E-state index >= 15 is 0 Å². The summed E-state index contributed by atoms with van der Waals surface area (Å²) in [5, 5.41) is 0.972. The van der Waals surface area contributed by atoms with Crippen molar-refractivity contribution in [1.82, 2.24) is 4.98 Å². The Morgan fingerprint density at radius 2 is 2.24 bits per heavy atom. The third-order valence-electron chi connectivity index (χ3n) is 2.37. The predicted molar refractivity (Wildman–Crippen MR) is 74.4 cm³/mol. The molecule has 2 rings (SSSR count). The molecule has 88 valence electrons. The van der Waals surface area contributed by atoms with Crippen LogP contribution in [0.5, 0.6) is 0 Å². The number of thiazole rings is 1. The maximum atomic E-state index is 11.1. The Morgan fingerprint density at radius 3 is 2.88 bits per heavy atom. The lowest BCUT2D eigenvalue weighted by Crippen LogP contribution is -1.94. The highest BCUT2D eigenvalue weighted by Crippen LogP contribution is 2.29. The van der Waals surface area contributed by atoms with E-state index in [1.165, 1.54) is 0 Å². The third kappa shape index (κ3) is 3.01. The summed E-state index contributed by atoms with van der Waals surface area (Å²) in [5.74, 6) is 0.178. The van der Waals surface area contributed by atoms with Crippen LogP contribution in [0.1, 0.15) is 17.5 Å². The van der Waals surface area contributed by atoms with Gasteiger partial charge in [-0.05, 0) is 26.0 Å². The Balaban J connectivity index is 2.37. The lowest BCUT2D eigenvalue weighted by Gasteiger charge is -1.96. The Kier molecular flexibility index (Phi) is 3.74. The number of rotatable bonds is 3. The molecule has 2 aromatic rings. The quantitative estimate of drug-likeness (QED) is 0.857. The van der Waals surface area contributed by atoms with Crippen molar-refractivity contribution in [2.45, 2.75) is 20.3 Å². The summed E-state index contributed by atoms with van der Waals surface area (Å²) in [6.07, 6.45) is 0.484. The summed E-state index contributed by atoms with van der Waals surface area (Å²) >= 11 is 5.04. The molecule has 4 heteroatoms. The van der Waals surface area contributed by atoms with Crippen LogP contribution in [0, 0.1) is 6.92 Å². The minimum atomic E-state index is 0.178. The lowest BCUT2D eigenvalue weighted by atomic mass is 10.2. The maximum absolute atomic E-state index is 11.1. The number of carbonyl (C=O) groups is 1. The number of carbonyl (C=O) groups excluding carboxylic acids is 1. The number of Topliss-reactive ketones (excluding diaryl/α,β-unsaturated/α-hetero) is 1. The summed E-state index contributed by atoms with van der Waals surface area (Å²) in [5.41, 5.74) is 2.04. The highest BCUT2D eigenvalue weighted by molar-refractivity contribution is 9.10. The number of halogens is 1. The van der Waals surface area contributed by atoms with Crippen LogP contribution in [0.3, 0.4) is 0 Å². The zero-order chi connectivity index (χ0) is 12.4. The van der Waals surface area contributed by atoms with Gasteiger partial charge in [-0.1, -0.05) is 28.1 Å². The minimum absolute atomic E-state index is 0.178. The van der Waals surface area contributed by atoms with Crippen LogP contribution in [-0.2, 0) is 11.2 Å². The van der Waals surface area contributed by atoms with Gasteiger partial charge in [0, 0.05) is 21.3 Å². The fourth-order valence-electron chi connectivity index (χ4n) is 1.56. The molecular weight excluding hydrogens is 298 g/mol. The van der Waals surface area contributed by atoms with Crippen molar-refractivity contribution >= 4 is 33.0 Å². The number of benzene rings is 1. The first-order chi connectivity index (χ1) is 8.06. The topological polar surface area (TPSA) is 30.0 Å². The second kappa shape index (κ2) is 5.10. The van der Waals surface area contributed by atoms with E-state index in [9.17, 15) is 4.79 Å². The smallest absolute Gasteiger partial charge is 0.135 e. The van der Waals surface area contributed by atoms with E-state index in [4.69, 9.17) is 0 Å². The molecule has 1 aromatic carbocycles. The van der Waals surface area contributed by atoms with Gasteiger partial charge >= 0.3 is 0 Å². The molecule has 0 bridgehead atoms. The molecule has 0 saturated carbocycles. The van der Waals surface area contributed by atoms with Crippen LogP contribution in [0.2, 0.25) is 0 Å². The van der Waals surface area contributed by atoms with Crippen molar-refractivity contribution < 1.29 is 4.79 Å². The molecule has 0 atom stereocenters. The van der Waals surface area contributed by atoms with Crippen LogP contribution >= 0.6 is 27.3 Å². The number of nitrogens with zero attached hydrogens (tertiary/aromatic N) is 1. The molecule has 2 nitrogen and oxygen atoms in total. The van der Waals surface area contributed by atoms with E-state index in [0.29, 0.717) is 6.42 Å². The van der Waals surface area contributed by atoms with Gasteiger partial charge in [0.15, 0.2) is 0 Å². The Bertz CT molecular complexity index is 562. The standard InChI is InChI=1S/C13H12BrNOS/c1-8(16)6-12-9(2)15-13(17-12)10-4-3-5-11(14)7-10/h3-5,7H,6H2,1-2H3. The molecule has 1 heterocycles. The van der Waals surface area contributed by atoms with E-state index in [1.54, 1.807) is 18.3 Å². The van der Waals surface area contributed by atoms with Gasteiger partial charge in [0.1, 0.15) is 10.8 Å². The van der Waals surface area contributed by atoms with Gasteiger partial charge in [-0.25, -0.2) is 4.98 Å². The molecule has 0 radical (unpaired) electrons. The fourth-order valence-corrected chi connectivity index (χ4v) is 3.09. The van der Waals surface area contributed by atoms with Crippen molar-refractivity contribution in [2.75, 3.05) is 0 Å². The van der Waals surface area contributed by atoms with Crippen LogP contribution in [-0.4, -0.2) is 10.8 Å². The van der Waals surface area contributed by atoms with Crippen LogP contribution in [0.25, 0.3) is 10.6 Å². The van der Waals surface area contributed by atoms with Gasteiger partial charge in [-0.15, -0.1) is 11.3 Å². The Morgan fingerprint density at radius 1 is 1.47 bits per heavy atom. The molecule has 0 N–H and O–H groups in total. The molecule has 0 amide bonds. The summed E-state index contributed by atoms with van der Waals surface area (Å²) in [7, 11) is 0. The number of aryl methyl sites for hydroxylation is 1. The first-order valence-electron chi connectivity index (χ1n) is 5.28. The van der Waals surface area contributed by atoms with Crippen molar-refractivity contribution in [2.24, 2.45) is 0 Å². The van der Waals surface area contributed by atoms with Gasteiger partial charge in [0.2, 0.25) is 0 Å². The highest BCUT2D eigenvalue weighted by atomic mass is 79.9. The molecule has 17 heavy (non-hydrogen) atoms. The molecule has 0 spiro atoms. The minimum Gasteiger partial charge on any atom is -0.300 e. The molecule has 0 aliphatic heterocycles. The molecule has 0 fully saturated rings. The van der Waals surface area contributed by atoms with Crippen LogP contribution in [0.4, 0.5) is 0 Å². The maximum Gasteiger partial charge on any atom is 0.135 e. The Hall–Kier alpha value is -1.00. The van der Waals surface area contributed by atoms with Gasteiger partial charge < -0.3 is 0 Å². The van der Waals surface area contributed by atoms with E-state index in [0.717, 1.165) is 25.6 Å². The summed E-state index contributed by atoms with van der Waals surface area (Å²) in [4.78, 5) is 16.7. The van der Waals surface area contributed by atoms with Gasteiger partial charge in [-0.2, -0.15) is 0 Å². The third-order valence-corrected chi connectivity index (χ3v) is 4.07. The molecule has 1 aromatic heterocycles. The van der Waals surface area contributed by atoms with E-state index < -0.39 is 0 Å². The first-order valence-corrected chi connectivity index (χ1v) is 6.89. The predicted octanol–water partition coefficient (Wildman–Crippen LogP) is 4.01. The average Bonchev–Trinajstić information content (AvgIpc) is 2.59. The monoisotopic (exact) mass is 309 g/mol. The number of aromatic nitrogens is 1. The summed E-state index contributed by atoms with van der Waals surface area (Å²) < 4.78 is 1.04. The van der Waals surface area contributed by atoms with Crippen molar-refractivity contribution in [3.05, 3.63) is 39.3 Å². The van der Waals surface area contributed by atoms with Crippen LogP contribution < -0.4 is 0 Å². The number of ketones is 1. The van der Waals surface area contributed by atoms with E-state index in [2.05, 4.69) is 20.9 Å². The second-order valence-electron chi connectivity index (χ2n) is 3.92. The van der Waals surface area contributed by atoms with Crippen molar-refractivity contribution in [3.63, 3.8) is 0 Å². The van der Waals surface area contributed by atoms with E-state index in [-0.39, 0.29) is 5.78 Å². The second-order valence-corrected chi connectivity index (χ2v) is 5.92. The molecule has 0 aliphatic rings. The summed E-state index contributed by atoms with van der Waals surface area (Å²) in [6, 6.07) is 8.04. The fraction of sp³-hybridized carbons (Fsp3) is 0.231. The SMILES string of the molecule is CC(=O)Cc1sc(-c2cccc(Br)c2)nc1C. The normalized spacial score (nSPS) is 10.5. The largest absolute Gasteiger partial charge is 0.300 e. The van der Waals surface area contributed by atoms with E-state index in [1.807, 2.05) is 31.2 Å². The molecule has 0 aliphatic carbocycles. The van der Waals surface area contributed by atoms with Crippen LogP contribution in [0.15, 0.2) is 28.7 Å². The average molecular weight is 310 g/mol. The lowest BCUT2D eigenvalue weighted by molar-refractivity contribution is -0.116. The van der Waals surface area contributed by atoms with Crippen molar-refractivity contribution in [1.29, 1.82) is 0 Å². The number of hydrogen-bond donors (Lipinski definition) is 0. The zero-order valence-electron chi connectivity index (χ0n) is 9.66. The Labute approximate surface area is 113 Å². The van der Waals surface area contributed by atoms with Gasteiger partial charge in [0.05, 0.1) is 5.69 Å². The van der Waals surface area contributed by atoms with Gasteiger partial charge in [-0.3, -0.25) is 4.79 Å².